The number of nitrogens with zero attached hydrogens (tertiary/aromatic N) is 4. The molecule has 2 aliphatic heterocycles. The normalized spacial score (nSPS) is 25.6. The molecule has 28 heavy (non-hydrogen) atoms. The van der Waals surface area contributed by atoms with Gasteiger partial charge in [0.1, 0.15) is 0 Å². The first kappa shape index (κ1) is 19.2. The lowest BCUT2D eigenvalue weighted by atomic mass is 9.88. The minimum absolute atomic E-state index is 0.0480. The molecule has 2 saturated heterocycles. The van der Waals surface area contributed by atoms with Gasteiger partial charge >= 0.3 is 0 Å². The molecule has 2 fully saturated rings. The van der Waals surface area contributed by atoms with Crippen LogP contribution in [-0.2, 0) is 6.54 Å². The number of likely N-dealkylation sites (tertiary alicyclic amines) is 1. The average Bonchev–Trinajstić information content (AvgIpc) is 3.01. The minimum Gasteiger partial charge on any atom is -0.348 e. The van der Waals surface area contributed by atoms with Crippen LogP contribution in [0.2, 0.25) is 0 Å². The Morgan fingerprint density at radius 2 is 1.86 bits per heavy atom. The van der Waals surface area contributed by atoms with Gasteiger partial charge in [0.15, 0.2) is 5.69 Å². The lowest BCUT2D eigenvalue weighted by Gasteiger charge is -2.50. The maximum atomic E-state index is 13.1. The van der Waals surface area contributed by atoms with Gasteiger partial charge in [-0.25, -0.2) is 0 Å². The molecule has 0 unspecified atom stereocenters. The molecule has 150 valence electrons. The largest absolute Gasteiger partial charge is 0.348 e. The second kappa shape index (κ2) is 7.68. The molecule has 2 bridgehead atoms. The Hall–Kier alpha value is -2.18. The van der Waals surface area contributed by atoms with Crippen LogP contribution in [0, 0.1) is 0 Å². The van der Waals surface area contributed by atoms with Crippen molar-refractivity contribution >= 4 is 16.8 Å². The van der Waals surface area contributed by atoms with E-state index in [1.54, 1.807) is 0 Å². The van der Waals surface area contributed by atoms with Crippen molar-refractivity contribution in [1.82, 2.24) is 24.9 Å². The average molecular weight is 382 g/mol. The number of carbonyl (C=O) groups is 1. The van der Waals surface area contributed by atoms with Crippen molar-refractivity contribution < 1.29 is 4.79 Å². The molecule has 1 N–H and O–H groups in total. The van der Waals surface area contributed by atoms with Crippen LogP contribution in [-0.4, -0.2) is 70.8 Å². The fourth-order valence-electron chi connectivity index (χ4n) is 4.66. The standard InChI is InChI=1S/C22H31N5O/c1-15(2)9-10-27-20-8-6-5-7-19(20)21(24-27)22(28)23-16-11-17-13-25(3)14-18(12-16)26(17)4/h5-9,16-18H,10-14H2,1-4H3,(H,23,28)/t16-,17-,18+. The quantitative estimate of drug-likeness (QED) is 0.827. The second-order valence-corrected chi connectivity index (χ2v) is 8.67. The van der Waals surface area contributed by atoms with Gasteiger partial charge in [-0.1, -0.05) is 29.8 Å². The SMILES string of the molecule is CC(C)=CCn1nc(C(=O)N[C@@H]2C[C@@H]3CN(C)C[C@H](C2)N3C)c2ccccc21. The molecule has 1 aromatic carbocycles. The molecule has 6 nitrogen and oxygen atoms in total. The zero-order valence-corrected chi connectivity index (χ0v) is 17.4. The van der Waals surface area contributed by atoms with E-state index in [0.29, 0.717) is 24.3 Å². The third-order valence-corrected chi connectivity index (χ3v) is 6.19. The van der Waals surface area contributed by atoms with Crippen molar-refractivity contribution in [3.8, 4) is 0 Å². The molecule has 0 radical (unpaired) electrons. The molecular formula is C22H31N5O. The highest BCUT2D eigenvalue weighted by molar-refractivity contribution is 6.05. The van der Waals surface area contributed by atoms with E-state index in [9.17, 15) is 4.79 Å². The van der Waals surface area contributed by atoms with Crippen molar-refractivity contribution in [2.45, 2.75) is 51.4 Å². The van der Waals surface area contributed by atoms with Gasteiger partial charge in [-0.3, -0.25) is 14.4 Å². The molecule has 4 rings (SSSR count). The predicted octanol–water partition coefficient (Wildman–Crippen LogP) is 2.51. The summed E-state index contributed by atoms with van der Waals surface area (Å²) in [5, 5.41) is 8.89. The monoisotopic (exact) mass is 381 g/mol. The number of fused-ring (bicyclic) bond motifs is 3. The summed E-state index contributed by atoms with van der Waals surface area (Å²) < 4.78 is 1.93. The fourth-order valence-corrected chi connectivity index (χ4v) is 4.66. The zero-order valence-electron chi connectivity index (χ0n) is 17.4. The topological polar surface area (TPSA) is 53.4 Å². The molecule has 0 spiro atoms. The van der Waals surface area contributed by atoms with E-state index in [0.717, 1.165) is 36.8 Å². The predicted molar refractivity (Wildman–Crippen MR) is 112 cm³/mol. The number of piperidine rings is 1. The zero-order chi connectivity index (χ0) is 19.8. The Kier molecular flexibility index (Phi) is 5.25. The van der Waals surface area contributed by atoms with Crippen LogP contribution in [0.1, 0.15) is 37.2 Å². The van der Waals surface area contributed by atoms with Crippen LogP contribution in [0.3, 0.4) is 0 Å². The number of allylic oxidation sites excluding steroid dienone is 2. The van der Waals surface area contributed by atoms with Gasteiger partial charge in [0.2, 0.25) is 0 Å². The Morgan fingerprint density at radius 1 is 1.18 bits per heavy atom. The van der Waals surface area contributed by atoms with Crippen molar-refractivity contribution in [2.24, 2.45) is 0 Å². The summed E-state index contributed by atoms with van der Waals surface area (Å²) in [5.41, 5.74) is 2.79. The number of aromatic nitrogens is 2. The van der Waals surface area contributed by atoms with Crippen LogP contribution in [0.15, 0.2) is 35.9 Å². The number of nitrogens with one attached hydrogen (secondary N) is 1. The van der Waals surface area contributed by atoms with Crippen LogP contribution < -0.4 is 5.32 Å². The van der Waals surface area contributed by atoms with Crippen molar-refractivity contribution in [1.29, 1.82) is 0 Å². The van der Waals surface area contributed by atoms with Gasteiger partial charge in [-0.05, 0) is 46.9 Å². The van der Waals surface area contributed by atoms with Crippen molar-refractivity contribution in [3.05, 3.63) is 41.6 Å². The van der Waals surface area contributed by atoms with Crippen LogP contribution in [0.4, 0.5) is 0 Å². The highest BCUT2D eigenvalue weighted by Gasteiger charge is 2.38. The summed E-state index contributed by atoms with van der Waals surface area (Å²) >= 11 is 0. The first-order valence-electron chi connectivity index (χ1n) is 10.2. The Labute approximate surface area is 167 Å². The van der Waals surface area contributed by atoms with E-state index in [1.165, 1.54) is 5.57 Å². The first-order valence-corrected chi connectivity index (χ1v) is 10.2. The van der Waals surface area contributed by atoms with Gasteiger partial charge in [0.05, 0.1) is 12.1 Å². The fraction of sp³-hybridized carbons (Fsp3) is 0.545. The van der Waals surface area contributed by atoms with Gasteiger partial charge in [-0.15, -0.1) is 0 Å². The molecule has 1 amide bonds. The Balaban J connectivity index is 1.54. The van der Waals surface area contributed by atoms with Crippen LogP contribution >= 0.6 is 0 Å². The molecule has 3 atom stereocenters. The van der Waals surface area contributed by atoms with Gasteiger partial charge in [-0.2, -0.15) is 5.10 Å². The second-order valence-electron chi connectivity index (χ2n) is 8.67. The maximum Gasteiger partial charge on any atom is 0.272 e. The Morgan fingerprint density at radius 3 is 2.54 bits per heavy atom. The van der Waals surface area contributed by atoms with E-state index in [-0.39, 0.29) is 11.9 Å². The summed E-state index contributed by atoms with van der Waals surface area (Å²) in [7, 11) is 4.41. The van der Waals surface area contributed by atoms with Crippen molar-refractivity contribution in [2.75, 3.05) is 27.2 Å². The molecule has 2 aromatic rings. The molecule has 2 aliphatic rings. The van der Waals surface area contributed by atoms with Crippen LogP contribution in [0.25, 0.3) is 10.9 Å². The van der Waals surface area contributed by atoms with Crippen molar-refractivity contribution in [3.63, 3.8) is 0 Å². The van der Waals surface area contributed by atoms with Gasteiger partial charge < -0.3 is 10.2 Å². The number of likely N-dealkylation sites (N-methyl/N-ethyl adjacent to an activating group) is 2. The lowest BCUT2D eigenvalue weighted by molar-refractivity contribution is 0.00837. The summed E-state index contributed by atoms with van der Waals surface area (Å²) in [6, 6.07) is 9.24. The highest BCUT2D eigenvalue weighted by atomic mass is 16.2. The molecule has 0 saturated carbocycles. The molecule has 6 heteroatoms. The van der Waals surface area contributed by atoms with E-state index >= 15 is 0 Å². The summed E-state index contributed by atoms with van der Waals surface area (Å²) in [4.78, 5) is 18.0. The van der Waals surface area contributed by atoms with E-state index in [1.807, 2.05) is 28.9 Å². The maximum absolute atomic E-state index is 13.1. The molecular weight excluding hydrogens is 350 g/mol. The number of piperazine rings is 1. The number of benzene rings is 1. The molecule has 0 aliphatic carbocycles. The number of carbonyl (C=O) groups excluding carboxylic acids is 1. The van der Waals surface area contributed by atoms with Gasteiger partial charge in [0.25, 0.3) is 5.91 Å². The summed E-state index contributed by atoms with van der Waals surface area (Å²) in [6.07, 6.45) is 4.13. The Bertz CT molecular complexity index is 881. The van der Waals surface area contributed by atoms with E-state index in [4.69, 9.17) is 0 Å². The number of amides is 1. The van der Waals surface area contributed by atoms with Crippen LogP contribution in [0.5, 0.6) is 0 Å². The molecule has 3 heterocycles. The third-order valence-electron chi connectivity index (χ3n) is 6.19. The lowest BCUT2D eigenvalue weighted by Crippen LogP contribution is -2.63. The first-order chi connectivity index (χ1) is 13.4. The summed E-state index contributed by atoms with van der Waals surface area (Å²) in [6.45, 7) is 6.97. The van der Waals surface area contributed by atoms with E-state index in [2.05, 4.69) is 54.2 Å². The van der Waals surface area contributed by atoms with Gasteiger partial charge in [0, 0.05) is 36.6 Å². The smallest absolute Gasteiger partial charge is 0.272 e. The highest BCUT2D eigenvalue weighted by Crippen LogP contribution is 2.27. The number of rotatable bonds is 4. The molecule has 1 aromatic heterocycles. The number of para-hydroxylation sites is 1. The number of hydrogen-bond donors (Lipinski definition) is 1. The summed E-state index contributed by atoms with van der Waals surface area (Å²) in [5.74, 6) is -0.0480. The minimum atomic E-state index is -0.0480. The number of hydrogen-bond acceptors (Lipinski definition) is 4. The van der Waals surface area contributed by atoms with E-state index < -0.39 is 0 Å². The third kappa shape index (κ3) is 3.71.